The first-order valence-electron chi connectivity index (χ1n) is 1.94. The Labute approximate surface area is 57.7 Å². The lowest BCUT2D eigenvalue weighted by Gasteiger charge is -1.95. The second-order valence-electron chi connectivity index (χ2n) is 1.30. The van der Waals surface area contributed by atoms with Crippen LogP contribution in [0.5, 0.6) is 0 Å². The van der Waals surface area contributed by atoms with Gasteiger partial charge in [-0.15, -0.1) is 0 Å². The Hall–Kier alpha value is -0.0900. The van der Waals surface area contributed by atoms with Gasteiger partial charge in [0, 0.05) is 16.6 Å². The molecule has 1 amide bonds. The van der Waals surface area contributed by atoms with Gasteiger partial charge in [0.1, 0.15) is 0 Å². The van der Waals surface area contributed by atoms with E-state index in [2.05, 4.69) is 23.0 Å². The molecular weight excluding hydrogens is 142 g/mol. The standard InChI is InChI=1S/C4H7NOS2/c1-3(2)4(6)5-8-7/h7H,1H2,2H3,(H,5,6). The van der Waals surface area contributed by atoms with Crippen molar-refractivity contribution in [3.8, 4) is 0 Å². The zero-order valence-corrected chi connectivity index (χ0v) is 6.18. The van der Waals surface area contributed by atoms with Crippen LogP contribution in [0.2, 0.25) is 0 Å². The van der Waals surface area contributed by atoms with E-state index in [-0.39, 0.29) is 5.91 Å². The predicted octanol–water partition coefficient (Wildman–Crippen LogP) is 1.17. The van der Waals surface area contributed by atoms with Crippen molar-refractivity contribution in [1.82, 2.24) is 4.72 Å². The summed E-state index contributed by atoms with van der Waals surface area (Å²) in [6, 6.07) is 0. The zero-order chi connectivity index (χ0) is 6.57. The smallest absolute Gasteiger partial charge is 0.256 e. The number of thiol groups is 1. The van der Waals surface area contributed by atoms with Gasteiger partial charge in [0.2, 0.25) is 0 Å². The van der Waals surface area contributed by atoms with Crippen LogP contribution in [0.1, 0.15) is 6.92 Å². The van der Waals surface area contributed by atoms with E-state index in [9.17, 15) is 4.79 Å². The summed E-state index contributed by atoms with van der Waals surface area (Å²) < 4.78 is 2.39. The molecule has 2 nitrogen and oxygen atoms in total. The molecule has 0 heterocycles. The molecule has 0 aliphatic rings. The molecule has 0 aromatic carbocycles. The number of nitrogens with one attached hydrogen (secondary N) is 1. The quantitative estimate of drug-likeness (QED) is 0.267. The average molecular weight is 149 g/mol. The molecule has 0 aromatic heterocycles. The van der Waals surface area contributed by atoms with Crippen molar-refractivity contribution in [2.75, 3.05) is 0 Å². The highest BCUT2D eigenvalue weighted by Gasteiger charge is 1.96. The molecule has 8 heavy (non-hydrogen) atoms. The molecule has 46 valence electrons. The van der Waals surface area contributed by atoms with E-state index in [0.29, 0.717) is 5.57 Å². The van der Waals surface area contributed by atoms with Crippen molar-refractivity contribution in [2.45, 2.75) is 6.92 Å². The number of amides is 1. The molecule has 0 atom stereocenters. The second-order valence-corrected chi connectivity index (χ2v) is 2.24. The van der Waals surface area contributed by atoms with Crippen LogP contribution in [0.4, 0.5) is 0 Å². The van der Waals surface area contributed by atoms with Crippen molar-refractivity contribution < 1.29 is 4.79 Å². The van der Waals surface area contributed by atoms with E-state index >= 15 is 0 Å². The maximum atomic E-state index is 10.5. The van der Waals surface area contributed by atoms with Gasteiger partial charge in [0.15, 0.2) is 0 Å². The van der Waals surface area contributed by atoms with Crippen LogP contribution < -0.4 is 4.72 Å². The molecule has 0 radical (unpaired) electrons. The Kier molecular flexibility index (Phi) is 3.81. The van der Waals surface area contributed by atoms with E-state index in [1.807, 2.05) is 0 Å². The minimum absolute atomic E-state index is 0.176. The van der Waals surface area contributed by atoms with Crippen molar-refractivity contribution >= 4 is 28.5 Å². The monoisotopic (exact) mass is 149 g/mol. The lowest BCUT2D eigenvalue weighted by molar-refractivity contribution is -0.115. The van der Waals surface area contributed by atoms with Gasteiger partial charge in [0.25, 0.3) is 5.91 Å². The van der Waals surface area contributed by atoms with E-state index in [1.165, 1.54) is 0 Å². The molecular formula is C4H7NOS2. The number of carbonyl (C=O) groups is 1. The van der Waals surface area contributed by atoms with Crippen LogP contribution >= 0.6 is 22.6 Å². The summed E-state index contributed by atoms with van der Waals surface area (Å²) in [4.78, 5) is 10.5. The van der Waals surface area contributed by atoms with Gasteiger partial charge >= 0.3 is 0 Å². The van der Waals surface area contributed by atoms with E-state index in [4.69, 9.17) is 0 Å². The predicted molar refractivity (Wildman–Crippen MR) is 39.5 cm³/mol. The third-order valence-corrected chi connectivity index (χ3v) is 1.08. The molecule has 4 heteroatoms. The van der Waals surface area contributed by atoms with Gasteiger partial charge in [-0.1, -0.05) is 18.2 Å². The summed E-state index contributed by atoms with van der Waals surface area (Å²) >= 11 is 3.70. The SMILES string of the molecule is C=C(C)C(=O)NSS. The molecule has 0 aliphatic heterocycles. The summed E-state index contributed by atoms with van der Waals surface area (Å²) in [5.41, 5.74) is 0.492. The van der Waals surface area contributed by atoms with E-state index in [0.717, 1.165) is 11.0 Å². The molecule has 0 saturated heterocycles. The van der Waals surface area contributed by atoms with Crippen molar-refractivity contribution in [2.24, 2.45) is 0 Å². The highest BCUT2D eigenvalue weighted by atomic mass is 33.1. The van der Waals surface area contributed by atoms with Crippen LogP contribution in [0, 0.1) is 0 Å². The summed E-state index contributed by atoms with van der Waals surface area (Å²) in [5.74, 6) is -0.176. The topological polar surface area (TPSA) is 29.1 Å². The lowest BCUT2D eigenvalue weighted by Crippen LogP contribution is -2.13. The summed E-state index contributed by atoms with van der Waals surface area (Å²) in [5, 5.41) is 0. The third-order valence-electron chi connectivity index (χ3n) is 0.526. The maximum absolute atomic E-state index is 10.5. The highest BCUT2D eigenvalue weighted by molar-refractivity contribution is 8.68. The minimum Gasteiger partial charge on any atom is -0.287 e. The van der Waals surface area contributed by atoms with Gasteiger partial charge in [-0.25, -0.2) is 0 Å². The molecule has 0 aromatic rings. The molecule has 0 unspecified atom stereocenters. The van der Waals surface area contributed by atoms with Crippen LogP contribution in [0.25, 0.3) is 0 Å². The second kappa shape index (κ2) is 3.86. The fourth-order valence-electron chi connectivity index (χ4n) is 0.129. The molecule has 0 saturated carbocycles. The lowest BCUT2D eigenvalue weighted by atomic mass is 10.3. The van der Waals surface area contributed by atoms with Crippen LogP contribution in [-0.2, 0) is 4.79 Å². The summed E-state index contributed by atoms with van der Waals surface area (Å²) in [6.07, 6.45) is 0. The first-order valence-corrected chi connectivity index (χ1v) is 3.81. The van der Waals surface area contributed by atoms with Gasteiger partial charge in [0.05, 0.1) is 0 Å². The Balaban J connectivity index is 3.49. The zero-order valence-electron chi connectivity index (χ0n) is 4.47. The summed E-state index contributed by atoms with van der Waals surface area (Å²) in [6.45, 7) is 5.05. The van der Waals surface area contributed by atoms with E-state index in [1.54, 1.807) is 6.92 Å². The van der Waals surface area contributed by atoms with Gasteiger partial charge < -0.3 is 0 Å². The first-order chi connectivity index (χ1) is 3.68. The Morgan fingerprint density at radius 3 is 2.50 bits per heavy atom. The van der Waals surface area contributed by atoms with Crippen molar-refractivity contribution in [3.05, 3.63) is 12.2 Å². The largest absolute Gasteiger partial charge is 0.287 e. The normalized spacial score (nSPS) is 8.25. The Morgan fingerprint density at radius 2 is 2.38 bits per heavy atom. The van der Waals surface area contributed by atoms with Crippen molar-refractivity contribution in [3.63, 3.8) is 0 Å². The number of hydrogen-bond acceptors (Lipinski definition) is 3. The van der Waals surface area contributed by atoms with Crippen LogP contribution in [0.3, 0.4) is 0 Å². The molecule has 0 aliphatic carbocycles. The number of hydrogen-bond donors (Lipinski definition) is 2. The Bertz CT molecular complexity index is 113. The van der Waals surface area contributed by atoms with Gasteiger partial charge in [-0.05, 0) is 6.92 Å². The molecule has 0 spiro atoms. The molecule has 0 bridgehead atoms. The van der Waals surface area contributed by atoms with Crippen molar-refractivity contribution in [1.29, 1.82) is 0 Å². The fraction of sp³-hybridized carbons (Fsp3) is 0.250. The third kappa shape index (κ3) is 2.98. The maximum Gasteiger partial charge on any atom is 0.256 e. The number of rotatable bonds is 2. The fourth-order valence-corrected chi connectivity index (χ4v) is 0.634. The average Bonchev–Trinajstić information content (AvgIpc) is 1.67. The van der Waals surface area contributed by atoms with E-state index < -0.39 is 0 Å². The Morgan fingerprint density at radius 1 is 1.88 bits per heavy atom. The molecule has 0 fully saturated rings. The molecule has 0 rings (SSSR count). The van der Waals surface area contributed by atoms with Crippen LogP contribution in [-0.4, -0.2) is 5.91 Å². The molecule has 1 N–H and O–H groups in total. The van der Waals surface area contributed by atoms with Gasteiger partial charge in [-0.2, -0.15) is 0 Å². The first kappa shape index (κ1) is 7.91. The highest BCUT2D eigenvalue weighted by Crippen LogP contribution is 1.98. The number of carbonyl (C=O) groups excluding carboxylic acids is 1. The summed E-state index contributed by atoms with van der Waals surface area (Å²) in [7, 11) is 0.972. The van der Waals surface area contributed by atoms with Gasteiger partial charge in [-0.3, -0.25) is 9.52 Å². The van der Waals surface area contributed by atoms with Crippen LogP contribution in [0.15, 0.2) is 12.2 Å². The minimum atomic E-state index is -0.176.